The Bertz CT molecular complexity index is 437. The highest BCUT2D eigenvalue weighted by Gasteiger charge is 2.13. The van der Waals surface area contributed by atoms with Crippen LogP contribution in [0.5, 0.6) is 6.01 Å². The molecule has 0 saturated heterocycles. The van der Waals surface area contributed by atoms with E-state index in [0.717, 1.165) is 0 Å². The summed E-state index contributed by atoms with van der Waals surface area (Å²) in [6.45, 7) is 3.93. The molecular weight excluding hydrogens is 248 g/mol. The summed E-state index contributed by atoms with van der Waals surface area (Å²) in [6, 6.07) is 0.230. The predicted molar refractivity (Wildman–Crippen MR) is 72.5 cm³/mol. The van der Waals surface area contributed by atoms with Crippen LogP contribution in [0.2, 0.25) is 0 Å². The van der Waals surface area contributed by atoms with E-state index in [1.165, 1.54) is 0 Å². The Morgan fingerprint density at radius 1 is 1.32 bits per heavy atom. The third-order valence-corrected chi connectivity index (χ3v) is 2.17. The van der Waals surface area contributed by atoms with E-state index in [0.29, 0.717) is 11.9 Å². The van der Waals surface area contributed by atoms with Crippen molar-refractivity contribution in [2.45, 2.75) is 20.0 Å². The van der Waals surface area contributed by atoms with E-state index in [1.807, 2.05) is 13.8 Å². The van der Waals surface area contributed by atoms with Gasteiger partial charge in [-0.05, 0) is 13.8 Å². The monoisotopic (exact) mass is 268 g/mol. The number of nitrogens with one attached hydrogen (secondary N) is 2. The van der Waals surface area contributed by atoms with Crippen molar-refractivity contribution in [2.24, 2.45) is 0 Å². The van der Waals surface area contributed by atoms with E-state index >= 15 is 0 Å². The van der Waals surface area contributed by atoms with Crippen molar-refractivity contribution in [3.63, 3.8) is 0 Å². The summed E-state index contributed by atoms with van der Waals surface area (Å²) in [6.07, 6.45) is -0.0378. The van der Waals surface area contributed by atoms with Gasteiger partial charge >= 0.3 is 6.01 Å². The number of amides is 1. The zero-order chi connectivity index (χ0) is 14.4. The second-order valence-corrected chi connectivity index (χ2v) is 4.19. The van der Waals surface area contributed by atoms with Gasteiger partial charge in [0.2, 0.25) is 17.8 Å². The summed E-state index contributed by atoms with van der Waals surface area (Å²) in [5.74, 6) is 0.642. The van der Waals surface area contributed by atoms with Crippen molar-refractivity contribution >= 4 is 17.8 Å². The Morgan fingerprint density at radius 2 is 2.00 bits per heavy atom. The van der Waals surface area contributed by atoms with Crippen LogP contribution in [0.25, 0.3) is 0 Å². The van der Waals surface area contributed by atoms with Gasteiger partial charge in [-0.3, -0.25) is 4.79 Å². The van der Waals surface area contributed by atoms with E-state index in [9.17, 15) is 4.79 Å². The average molecular weight is 268 g/mol. The van der Waals surface area contributed by atoms with E-state index < -0.39 is 0 Å². The zero-order valence-corrected chi connectivity index (χ0v) is 11.9. The van der Waals surface area contributed by atoms with Gasteiger partial charge in [0.1, 0.15) is 0 Å². The number of anilines is 2. The molecule has 1 aromatic rings. The molecular formula is C11H20N6O2. The van der Waals surface area contributed by atoms with Gasteiger partial charge in [0.05, 0.1) is 12.6 Å². The number of hydrogen-bond acceptors (Lipinski definition) is 7. The van der Waals surface area contributed by atoms with Gasteiger partial charge in [-0.15, -0.1) is 0 Å². The molecule has 1 heterocycles. The van der Waals surface area contributed by atoms with E-state index in [4.69, 9.17) is 4.74 Å². The lowest BCUT2D eigenvalue weighted by atomic mass is 10.5. The van der Waals surface area contributed by atoms with E-state index in [1.54, 1.807) is 26.0 Å². The van der Waals surface area contributed by atoms with Crippen molar-refractivity contribution in [3.8, 4) is 6.01 Å². The molecule has 0 saturated carbocycles. The fraction of sp³-hybridized carbons (Fsp3) is 0.636. The molecule has 1 rings (SSSR count). The number of aromatic nitrogens is 3. The summed E-state index contributed by atoms with van der Waals surface area (Å²) in [5.41, 5.74) is 0. The Labute approximate surface area is 112 Å². The number of hydrogen-bond donors (Lipinski definition) is 2. The predicted octanol–water partition coefficient (Wildman–Crippen LogP) is -0.117. The highest BCUT2D eigenvalue weighted by Crippen LogP contribution is 2.14. The van der Waals surface area contributed by atoms with Gasteiger partial charge < -0.3 is 20.3 Å². The van der Waals surface area contributed by atoms with Crippen molar-refractivity contribution < 1.29 is 9.53 Å². The average Bonchev–Trinajstić information content (AvgIpc) is 2.37. The maximum Gasteiger partial charge on any atom is 0.323 e. The fourth-order valence-corrected chi connectivity index (χ4v) is 1.26. The molecule has 0 aromatic carbocycles. The smallest absolute Gasteiger partial charge is 0.323 e. The molecule has 0 radical (unpaired) electrons. The van der Waals surface area contributed by atoms with Crippen LogP contribution in [0, 0.1) is 0 Å². The fourth-order valence-electron chi connectivity index (χ4n) is 1.26. The zero-order valence-electron chi connectivity index (χ0n) is 11.9. The first kappa shape index (κ1) is 14.9. The van der Waals surface area contributed by atoms with Gasteiger partial charge in [-0.1, -0.05) is 0 Å². The summed E-state index contributed by atoms with van der Waals surface area (Å²) < 4.78 is 5.45. The lowest BCUT2D eigenvalue weighted by Gasteiger charge is -2.17. The van der Waals surface area contributed by atoms with Crippen LogP contribution in [0.15, 0.2) is 0 Å². The summed E-state index contributed by atoms with van der Waals surface area (Å²) >= 11 is 0. The van der Waals surface area contributed by atoms with Crippen LogP contribution in [0.1, 0.15) is 13.8 Å². The van der Waals surface area contributed by atoms with Crippen LogP contribution in [-0.4, -0.2) is 54.7 Å². The van der Waals surface area contributed by atoms with Crippen LogP contribution < -0.4 is 20.3 Å². The van der Waals surface area contributed by atoms with Gasteiger partial charge in [0.25, 0.3) is 0 Å². The molecule has 19 heavy (non-hydrogen) atoms. The minimum Gasteiger partial charge on any atom is -0.461 e. The summed E-state index contributed by atoms with van der Waals surface area (Å²) in [5, 5.41) is 5.38. The number of likely N-dealkylation sites (N-methyl/N-ethyl adjacent to an activating group) is 2. The molecule has 0 spiro atoms. The van der Waals surface area contributed by atoms with Crippen LogP contribution >= 0.6 is 0 Å². The molecule has 0 unspecified atom stereocenters. The lowest BCUT2D eigenvalue weighted by molar-refractivity contribution is -0.119. The van der Waals surface area contributed by atoms with E-state index in [2.05, 4.69) is 25.6 Å². The molecule has 106 valence electrons. The van der Waals surface area contributed by atoms with Crippen LogP contribution in [0.4, 0.5) is 11.9 Å². The molecule has 0 atom stereocenters. The molecule has 0 aliphatic rings. The largest absolute Gasteiger partial charge is 0.461 e. The topological polar surface area (TPSA) is 92.3 Å². The Balaban J connectivity index is 2.95. The number of carbonyl (C=O) groups excluding carboxylic acids is 1. The second-order valence-electron chi connectivity index (χ2n) is 4.19. The van der Waals surface area contributed by atoms with Crippen molar-refractivity contribution in [1.29, 1.82) is 0 Å². The first-order chi connectivity index (χ1) is 8.96. The maximum absolute atomic E-state index is 11.3. The number of ether oxygens (including phenoxy) is 1. The number of nitrogens with zero attached hydrogens (tertiary/aromatic N) is 4. The molecule has 0 fully saturated rings. The normalized spacial score (nSPS) is 10.2. The maximum atomic E-state index is 11.3. The molecule has 1 amide bonds. The summed E-state index contributed by atoms with van der Waals surface area (Å²) in [4.78, 5) is 25.4. The molecule has 1 aromatic heterocycles. The second kappa shape index (κ2) is 6.72. The van der Waals surface area contributed by atoms with Crippen LogP contribution in [0.3, 0.4) is 0 Å². The summed E-state index contributed by atoms with van der Waals surface area (Å²) in [7, 11) is 5.01. The van der Waals surface area contributed by atoms with Crippen molar-refractivity contribution in [1.82, 2.24) is 20.3 Å². The quantitative estimate of drug-likeness (QED) is 0.743. The van der Waals surface area contributed by atoms with E-state index in [-0.39, 0.29) is 24.6 Å². The molecule has 8 nitrogen and oxygen atoms in total. The Hall–Kier alpha value is -2.12. The van der Waals surface area contributed by atoms with Crippen molar-refractivity contribution in [2.75, 3.05) is 37.9 Å². The number of carbonyl (C=O) groups is 1. The first-order valence-corrected chi connectivity index (χ1v) is 5.98. The molecule has 0 bridgehead atoms. The Morgan fingerprint density at radius 3 is 2.53 bits per heavy atom. The molecule has 2 N–H and O–H groups in total. The SMILES string of the molecule is CNC(=O)CN(C)c1nc(NC)nc(OC(C)C)n1. The molecule has 8 heteroatoms. The third-order valence-electron chi connectivity index (χ3n) is 2.17. The van der Waals surface area contributed by atoms with Gasteiger partial charge in [-0.25, -0.2) is 0 Å². The lowest BCUT2D eigenvalue weighted by Crippen LogP contribution is -2.34. The van der Waals surface area contributed by atoms with Gasteiger partial charge in [0.15, 0.2) is 0 Å². The van der Waals surface area contributed by atoms with Crippen molar-refractivity contribution in [3.05, 3.63) is 0 Å². The number of rotatable bonds is 6. The first-order valence-electron chi connectivity index (χ1n) is 5.98. The highest BCUT2D eigenvalue weighted by molar-refractivity contribution is 5.80. The van der Waals surface area contributed by atoms with Gasteiger partial charge in [-0.2, -0.15) is 15.0 Å². The Kier molecular flexibility index (Phi) is 5.28. The minimum absolute atomic E-state index is 0.0378. The standard InChI is InChI=1S/C11H20N6O2/c1-7(2)19-11-15-9(13-4)14-10(16-11)17(5)6-8(18)12-3/h7H,6H2,1-5H3,(H,12,18)(H,13,14,15,16). The minimum atomic E-state index is -0.125. The third kappa shape index (κ3) is 4.57. The molecule has 0 aliphatic heterocycles. The van der Waals surface area contributed by atoms with Gasteiger partial charge in [0, 0.05) is 21.1 Å². The van der Waals surface area contributed by atoms with Crippen LogP contribution in [-0.2, 0) is 4.79 Å². The highest BCUT2D eigenvalue weighted by atomic mass is 16.5. The molecule has 0 aliphatic carbocycles.